The van der Waals surface area contributed by atoms with Crippen LogP contribution >= 0.6 is 11.3 Å². The quantitative estimate of drug-likeness (QED) is 0.666. The van der Waals surface area contributed by atoms with E-state index in [1.165, 1.54) is 17.4 Å². The van der Waals surface area contributed by atoms with Gasteiger partial charge in [-0.05, 0) is 31.0 Å². The molecule has 1 aliphatic rings. The molecule has 3 amide bonds. The maximum Gasteiger partial charge on any atom is 0.321 e. The number of piperidine rings is 1. The number of thiazole rings is 1. The summed E-state index contributed by atoms with van der Waals surface area (Å²) >= 11 is 1.35. The number of amides is 3. The van der Waals surface area contributed by atoms with E-state index >= 15 is 0 Å². The summed E-state index contributed by atoms with van der Waals surface area (Å²) in [4.78, 5) is 31.7. The van der Waals surface area contributed by atoms with Crippen molar-refractivity contribution in [1.29, 1.82) is 0 Å². The lowest BCUT2D eigenvalue weighted by atomic mass is 9.96. The minimum atomic E-state index is -0.278. The largest absolute Gasteiger partial charge is 0.324 e. The molecule has 1 N–H and O–H groups in total. The lowest BCUT2D eigenvalue weighted by Crippen LogP contribution is -2.42. The van der Waals surface area contributed by atoms with Gasteiger partial charge in [-0.1, -0.05) is 36.4 Å². The van der Waals surface area contributed by atoms with E-state index in [0.29, 0.717) is 42.8 Å². The van der Waals surface area contributed by atoms with Crippen LogP contribution in [0.2, 0.25) is 0 Å². The molecule has 0 aliphatic carbocycles. The van der Waals surface area contributed by atoms with Gasteiger partial charge < -0.3 is 14.8 Å². The first-order valence-electron chi connectivity index (χ1n) is 10.2. The summed E-state index contributed by atoms with van der Waals surface area (Å²) < 4.78 is 15.7. The fourth-order valence-corrected chi connectivity index (χ4v) is 4.29. The number of aromatic nitrogens is 1. The third kappa shape index (κ3) is 5.27. The van der Waals surface area contributed by atoms with Gasteiger partial charge in [0.1, 0.15) is 5.82 Å². The number of likely N-dealkylation sites (tertiary alicyclic amines) is 1. The number of nitrogens with one attached hydrogen (secondary N) is 1. The zero-order valence-electron chi connectivity index (χ0n) is 16.9. The van der Waals surface area contributed by atoms with E-state index in [-0.39, 0.29) is 23.7 Å². The van der Waals surface area contributed by atoms with E-state index < -0.39 is 0 Å². The number of anilines is 1. The van der Waals surface area contributed by atoms with Crippen molar-refractivity contribution < 1.29 is 14.0 Å². The molecule has 2 heterocycles. The number of urea groups is 1. The Bertz CT molecular complexity index is 1120. The summed E-state index contributed by atoms with van der Waals surface area (Å²) in [5.41, 5.74) is 1.30. The van der Waals surface area contributed by atoms with Gasteiger partial charge in [-0.25, -0.2) is 9.18 Å². The van der Waals surface area contributed by atoms with Gasteiger partial charge in [0.15, 0.2) is 4.80 Å². The molecule has 1 fully saturated rings. The van der Waals surface area contributed by atoms with Gasteiger partial charge in [-0.3, -0.25) is 4.79 Å². The number of hydrogen-bond donors (Lipinski definition) is 1. The Labute approximate surface area is 183 Å². The topological polar surface area (TPSA) is 66.7 Å². The van der Waals surface area contributed by atoms with Gasteiger partial charge >= 0.3 is 6.03 Å². The highest BCUT2D eigenvalue weighted by Gasteiger charge is 2.27. The van der Waals surface area contributed by atoms with Gasteiger partial charge in [0.2, 0.25) is 0 Å². The normalized spacial score (nSPS) is 15.1. The molecule has 160 valence electrons. The van der Waals surface area contributed by atoms with Crippen molar-refractivity contribution >= 4 is 29.0 Å². The smallest absolute Gasteiger partial charge is 0.321 e. The second kappa shape index (κ2) is 9.70. The number of rotatable bonds is 4. The zero-order valence-corrected chi connectivity index (χ0v) is 17.7. The van der Waals surface area contributed by atoms with Crippen molar-refractivity contribution in [2.45, 2.75) is 19.4 Å². The lowest BCUT2D eigenvalue weighted by Gasteiger charge is -2.30. The zero-order chi connectivity index (χ0) is 21.6. The molecule has 8 heteroatoms. The average Bonchev–Trinajstić information content (AvgIpc) is 3.22. The van der Waals surface area contributed by atoms with Crippen molar-refractivity contribution in [1.82, 2.24) is 9.47 Å². The van der Waals surface area contributed by atoms with Crippen molar-refractivity contribution in [3.05, 3.63) is 82.4 Å². The molecule has 0 spiro atoms. The summed E-state index contributed by atoms with van der Waals surface area (Å²) in [7, 11) is 0. The molecule has 4 rings (SSSR count). The van der Waals surface area contributed by atoms with Crippen LogP contribution in [0.1, 0.15) is 18.4 Å². The van der Waals surface area contributed by atoms with E-state index in [2.05, 4.69) is 10.3 Å². The second-order valence-electron chi connectivity index (χ2n) is 7.41. The van der Waals surface area contributed by atoms with Gasteiger partial charge in [-0.2, -0.15) is 4.99 Å². The summed E-state index contributed by atoms with van der Waals surface area (Å²) in [6.45, 7) is 1.33. The molecule has 0 radical (unpaired) electrons. The molecule has 0 saturated carbocycles. The number of hydrogen-bond acceptors (Lipinski definition) is 3. The number of benzene rings is 2. The highest BCUT2D eigenvalue weighted by molar-refractivity contribution is 7.07. The molecular weight excluding hydrogens is 415 g/mol. The minimum Gasteiger partial charge on any atom is -0.324 e. The van der Waals surface area contributed by atoms with E-state index in [4.69, 9.17) is 0 Å². The number of halogens is 1. The van der Waals surface area contributed by atoms with Gasteiger partial charge in [0, 0.05) is 41.8 Å². The Morgan fingerprint density at radius 2 is 1.77 bits per heavy atom. The first-order chi connectivity index (χ1) is 15.1. The van der Waals surface area contributed by atoms with Gasteiger partial charge in [0.05, 0.1) is 6.54 Å². The van der Waals surface area contributed by atoms with Gasteiger partial charge in [0.25, 0.3) is 5.91 Å². The average molecular weight is 439 g/mol. The van der Waals surface area contributed by atoms with E-state index in [1.54, 1.807) is 33.9 Å². The molecule has 3 aromatic rings. The Morgan fingerprint density at radius 3 is 2.52 bits per heavy atom. The predicted octanol–water partition coefficient (Wildman–Crippen LogP) is 4.11. The van der Waals surface area contributed by atoms with E-state index in [0.717, 1.165) is 5.69 Å². The van der Waals surface area contributed by atoms with Crippen molar-refractivity contribution in [3.63, 3.8) is 0 Å². The first-order valence-corrected chi connectivity index (χ1v) is 11.0. The molecule has 0 unspecified atom stereocenters. The number of nitrogens with zero attached hydrogens (tertiary/aromatic N) is 3. The van der Waals surface area contributed by atoms with E-state index in [9.17, 15) is 14.0 Å². The van der Waals surface area contributed by atoms with Crippen LogP contribution < -0.4 is 10.1 Å². The van der Waals surface area contributed by atoms with Crippen LogP contribution in [0.5, 0.6) is 0 Å². The minimum absolute atomic E-state index is 0.157. The van der Waals surface area contributed by atoms with Crippen molar-refractivity contribution in [2.75, 3.05) is 18.4 Å². The molecule has 0 atom stereocenters. The number of carbonyl (C=O) groups excluding carboxylic acids is 2. The molecule has 1 saturated heterocycles. The van der Waals surface area contributed by atoms with Crippen LogP contribution in [0.25, 0.3) is 0 Å². The predicted molar refractivity (Wildman–Crippen MR) is 118 cm³/mol. The van der Waals surface area contributed by atoms with Crippen LogP contribution in [-0.2, 0) is 11.3 Å². The van der Waals surface area contributed by atoms with Crippen LogP contribution in [-0.4, -0.2) is 34.5 Å². The van der Waals surface area contributed by atoms with Crippen molar-refractivity contribution in [2.24, 2.45) is 10.9 Å². The SMILES string of the molecule is O=C(N=c1sccn1Cc1ccccc1F)C1CCN(C(=O)Nc2ccccc2)CC1. The third-order valence-electron chi connectivity index (χ3n) is 5.32. The monoisotopic (exact) mass is 438 g/mol. The van der Waals surface area contributed by atoms with Crippen molar-refractivity contribution in [3.8, 4) is 0 Å². The Morgan fingerprint density at radius 1 is 1.06 bits per heavy atom. The summed E-state index contributed by atoms with van der Waals surface area (Å²) in [6.07, 6.45) is 2.95. The van der Waals surface area contributed by atoms with Gasteiger partial charge in [-0.15, -0.1) is 11.3 Å². The fraction of sp³-hybridized carbons (Fsp3) is 0.261. The molecule has 6 nitrogen and oxygen atoms in total. The van der Waals surface area contributed by atoms with Crippen LogP contribution in [0.15, 0.2) is 71.2 Å². The highest BCUT2D eigenvalue weighted by atomic mass is 32.1. The molecule has 0 bridgehead atoms. The summed E-state index contributed by atoms with van der Waals surface area (Å²) in [5.74, 6) is -0.683. The maximum absolute atomic E-state index is 14.0. The molecule has 31 heavy (non-hydrogen) atoms. The molecular formula is C23H23FN4O2S. The first kappa shape index (κ1) is 21.0. The van der Waals surface area contributed by atoms with Crippen LogP contribution in [0, 0.1) is 11.7 Å². The Hall–Kier alpha value is -3.26. The fourth-order valence-electron chi connectivity index (χ4n) is 3.56. The van der Waals surface area contributed by atoms with Crippen LogP contribution in [0.4, 0.5) is 14.9 Å². The Balaban J connectivity index is 1.36. The second-order valence-corrected chi connectivity index (χ2v) is 8.29. The maximum atomic E-state index is 14.0. The van der Waals surface area contributed by atoms with Crippen LogP contribution in [0.3, 0.4) is 0 Å². The lowest BCUT2D eigenvalue weighted by molar-refractivity contribution is -0.123. The number of carbonyl (C=O) groups is 2. The molecule has 1 aliphatic heterocycles. The standard InChI is InChI=1S/C23H23FN4O2S/c24-20-9-5-4-6-18(20)16-28-14-15-31-23(28)26-21(29)17-10-12-27(13-11-17)22(30)25-19-7-2-1-3-8-19/h1-9,14-15,17H,10-13,16H2,(H,25,30). The number of para-hydroxylation sites is 1. The van der Waals surface area contributed by atoms with E-state index in [1.807, 2.05) is 35.7 Å². The third-order valence-corrected chi connectivity index (χ3v) is 6.12. The summed E-state index contributed by atoms with van der Waals surface area (Å²) in [5, 5.41) is 4.71. The summed E-state index contributed by atoms with van der Waals surface area (Å²) in [6, 6.07) is 15.7. The molecule has 2 aromatic carbocycles. The molecule has 1 aromatic heterocycles. The highest BCUT2D eigenvalue weighted by Crippen LogP contribution is 2.20. The Kier molecular flexibility index (Phi) is 6.57.